The van der Waals surface area contributed by atoms with Crippen molar-refractivity contribution in [1.29, 1.82) is 0 Å². The summed E-state index contributed by atoms with van der Waals surface area (Å²) >= 11 is 0. The Balaban J connectivity index is 3.57. The number of hydrogen-bond acceptors (Lipinski definition) is 5. The van der Waals surface area contributed by atoms with Crippen molar-refractivity contribution in [3.05, 3.63) is 0 Å². The van der Waals surface area contributed by atoms with Crippen LogP contribution < -0.4 is 5.32 Å². The lowest BCUT2D eigenvalue weighted by atomic mass is 10.3. The molecular formula is C12H22N2O5. The number of carbonyl (C=O) groups is 3. The highest BCUT2D eigenvalue weighted by atomic mass is 16.5. The van der Waals surface area contributed by atoms with Gasteiger partial charge in [0.15, 0.2) is 0 Å². The van der Waals surface area contributed by atoms with Crippen LogP contribution in [0.15, 0.2) is 0 Å². The second-order valence-electron chi connectivity index (χ2n) is 4.26. The van der Waals surface area contributed by atoms with Gasteiger partial charge in [-0.05, 0) is 26.4 Å². The minimum Gasteiger partial charge on any atom is -0.481 e. The van der Waals surface area contributed by atoms with Crippen LogP contribution >= 0.6 is 0 Å². The SMILES string of the molecule is COC(=O)CCCN(C)CC(=O)NCCCC(=O)O. The van der Waals surface area contributed by atoms with E-state index in [1.807, 2.05) is 0 Å². The van der Waals surface area contributed by atoms with Crippen molar-refractivity contribution in [3.8, 4) is 0 Å². The summed E-state index contributed by atoms with van der Waals surface area (Å²) in [5.41, 5.74) is 0. The topological polar surface area (TPSA) is 95.9 Å². The van der Waals surface area contributed by atoms with Gasteiger partial charge in [0, 0.05) is 19.4 Å². The lowest BCUT2D eigenvalue weighted by molar-refractivity contribution is -0.141. The van der Waals surface area contributed by atoms with Gasteiger partial charge in [-0.2, -0.15) is 0 Å². The summed E-state index contributed by atoms with van der Waals surface area (Å²) < 4.78 is 4.51. The van der Waals surface area contributed by atoms with Crippen molar-refractivity contribution >= 4 is 17.8 Å². The zero-order valence-corrected chi connectivity index (χ0v) is 11.5. The van der Waals surface area contributed by atoms with E-state index in [2.05, 4.69) is 10.1 Å². The van der Waals surface area contributed by atoms with Gasteiger partial charge in [-0.3, -0.25) is 19.3 Å². The number of nitrogens with one attached hydrogen (secondary N) is 1. The molecule has 110 valence electrons. The fourth-order valence-electron chi connectivity index (χ4n) is 1.44. The largest absolute Gasteiger partial charge is 0.481 e. The fraction of sp³-hybridized carbons (Fsp3) is 0.750. The van der Waals surface area contributed by atoms with Gasteiger partial charge in [0.25, 0.3) is 0 Å². The molecule has 0 aromatic carbocycles. The molecule has 0 aromatic heterocycles. The monoisotopic (exact) mass is 274 g/mol. The third-order valence-electron chi connectivity index (χ3n) is 2.45. The van der Waals surface area contributed by atoms with E-state index in [-0.39, 0.29) is 24.8 Å². The van der Waals surface area contributed by atoms with E-state index in [0.717, 1.165) is 0 Å². The summed E-state index contributed by atoms with van der Waals surface area (Å²) in [5, 5.41) is 11.1. The second kappa shape index (κ2) is 10.3. The quantitative estimate of drug-likeness (QED) is 0.425. The first-order valence-electron chi connectivity index (χ1n) is 6.19. The molecule has 0 rings (SSSR count). The first-order valence-corrected chi connectivity index (χ1v) is 6.19. The number of aliphatic carboxylic acids is 1. The highest BCUT2D eigenvalue weighted by Gasteiger charge is 2.07. The molecule has 0 atom stereocenters. The van der Waals surface area contributed by atoms with E-state index in [0.29, 0.717) is 32.4 Å². The van der Waals surface area contributed by atoms with E-state index in [9.17, 15) is 14.4 Å². The van der Waals surface area contributed by atoms with E-state index in [4.69, 9.17) is 5.11 Å². The molecule has 0 aromatic rings. The summed E-state index contributed by atoms with van der Waals surface area (Å²) in [6.07, 6.45) is 1.44. The van der Waals surface area contributed by atoms with E-state index in [1.165, 1.54) is 7.11 Å². The summed E-state index contributed by atoms with van der Waals surface area (Å²) in [7, 11) is 3.13. The van der Waals surface area contributed by atoms with Gasteiger partial charge >= 0.3 is 11.9 Å². The third-order valence-corrected chi connectivity index (χ3v) is 2.45. The number of likely N-dealkylation sites (N-methyl/N-ethyl adjacent to an activating group) is 1. The van der Waals surface area contributed by atoms with Crippen molar-refractivity contribution in [2.45, 2.75) is 25.7 Å². The molecule has 0 spiro atoms. The lowest BCUT2D eigenvalue weighted by Crippen LogP contribution is -2.36. The number of esters is 1. The molecule has 0 aliphatic heterocycles. The Morgan fingerprint density at radius 3 is 2.47 bits per heavy atom. The number of rotatable bonds is 10. The summed E-state index contributed by atoms with van der Waals surface area (Å²) in [4.78, 5) is 34.4. The molecule has 0 saturated carbocycles. The molecule has 7 heteroatoms. The van der Waals surface area contributed by atoms with Gasteiger partial charge in [-0.1, -0.05) is 0 Å². The zero-order chi connectivity index (χ0) is 14.7. The first-order chi connectivity index (χ1) is 8.95. The van der Waals surface area contributed by atoms with Crippen LogP contribution in [-0.2, 0) is 19.1 Å². The first kappa shape index (κ1) is 17.4. The molecule has 0 aliphatic carbocycles. The number of methoxy groups -OCH3 is 1. The third kappa shape index (κ3) is 11.2. The molecule has 0 unspecified atom stereocenters. The highest BCUT2D eigenvalue weighted by molar-refractivity contribution is 5.78. The standard InChI is InChI=1S/C12H22N2O5/c1-14(8-4-6-12(18)19-2)9-10(15)13-7-3-5-11(16)17/h3-9H2,1-2H3,(H,13,15)(H,16,17). The molecule has 0 radical (unpaired) electrons. The van der Waals surface area contributed by atoms with Crippen LogP contribution in [0.3, 0.4) is 0 Å². The van der Waals surface area contributed by atoms with Crippen LogP contribution in [0.1, 0.15) is 25.7 Å². The Bertz CT molecular complexity index is 306. The zero-order valence-electron chi connectivity index (χ0n) is 11.5. The van der Waals surface area contributed by atoms with Crippen molar-refractivity contribution in [3.63, 3.8) is 0 Å². The smallest absolute Gasteiger partial charge is 0.305 e. The number of carbonyl (C=O) groups excluding carboxylic acids is 2. The van der Waals surface area contributed by atoms with Crippen LogP contribution in [0.25, 0.3) is 0 Å². The van der Waals surface area contributed by atoms with Gasteiger partial charge in [0.05, 0.1) is 13.7 Å². The Kier molecular flexibility index (Phi) is 9.42. The van der Waals surface area contributed by atoms with Crippen LogP contribution in [0.4, 0.5) is 0 Å². The fourth-order valence-corrected chi connectivity index (χ4v) is 1.44. The molecule has 0 saturated heterocycles. The number of hydrogen-bond donors (Lipinski definition) is 2. The van der Waals surface area contributed by atoms with Gasteiger partial charge in [-0.25, -0.2) is 0 Å². The van der Waals surface area contributed by atoms with Gasteiger partial charge in [0.2, 0.25) is 5.91 Å². The average molecular weight is 274 g/mol. The number of amides is 1. The summed E-state index contributed by atoms with van der Waals surface area (Å²) in [6.45, 7) is 1.22. The van der Waals surface area contributed by atoms with Crippen molar-refractivity contribution in [2.24, 2.45) is 0 Å². The van der Waals surface area contributed by atoms with Gasteiger partial charge in [0.1, 0.15) is 0 Å². The van der Waals surface area contributed by atoms with Crippen LogP contribution in [0.5, 0.6) is 0 Å². The maximum absolute atomic E-state index is 11.5. The molecule has 7 nitrogen and oxygen atoms in total. The number of ether oxygens (including phenoxy) is 1. The second-order valence-corrected chi connectivity index (χ2v) is 4.26. The molecule has 0 fully saturated rings. The minimum atomic E-state index is -0.867. The summed E-state index contributed by atoms with van der Waals surface area (Å²) in [5.74, 6) is -1.27. The Morgan fingerprint density at radius 1 is 1.21 bits per heavy atom. The average Bonchev–Trinajstić information content (AvgIpc) is 2.34. The van der Waals surface area contributed by atoms with Crippen molar-refractivity contribution < 1.29 is 24.2 Å². The normalized spacial score (nSPS) is 10.3. The minimum absolute atomic E-state index is 0.0508. The number of carboxylic acid groups (broad SMARTS) is 1. The molecule has 0 aliphatic rings. The predicted molar refractivity (Wildman–Crippen MR) is 68.6 cm³/mol. The predicted octanol–water partition coefficient (Wildman–Crippen LogP) is -0.148. The number of carboxylic acids is 1. The Morgan fingerprint density at radius 2 is 1.89 bits per heavy atom. The van der Waals surface area contributed by atoms with E-state index in [1.54, 1.807) is 11.9 Å². The van der Waals surface area contributed by atoms with Crippen LogP contribution in [0.2, 0.25) is 0 Å². The Labute approximate surface area is 112 Å². The Hall–Kier alpha value is -1.63. The summed E-state index contributed by atoms with van der Waals surface area (Å²) in [6, 6.07) is 0. The van der Waals surface area contributed by atoms with Crippen LogP contribution in [0, 0.1) is 0 Å². The maximum Gasteiger partial charge on any atom is 0.305 e. The molecule has 0 bridgehead atoms. The van der Waals surface area contributed by atoms with Gasteiger partial charge < -0.3 is 15.2 Å². The number of nitrogens with zero attached hydrogens (tertiary/aromatic N) is 1. The maximum atomic E-state index is 11.5. The van der Waals surface area contributed by atoms with Crippen molar-refractivity contribution in [1.82, 2.24) is 10.2 Å². The highest BCUT2D eigenvalue weighted by Crippen LogP contribution is 1.95. The van der Waals surface area contributed by atoms with Crippen molar-refractivity contribution in [2.75, 3.05) is 33.8 Å². The van der Waals surface area contributed by atoms with Gasteiger partial charge in [-0.15, -0.1) is 0 Å². The molecule has 19 heavy (non-hydrogen) atoms. The molecular weight excluding hydrogens is 252 g/mol. The molecule has 0 heterocycles. The van der Waals surface area contributed by atoms with Crippen LogP contribution in [-0.4, -0.2) is 61.6 Å². The van der Waals surface area contributed by atoms with E-state index < -0.39 is 5.97 Å². The molecule has 1 amide bonds. The molecule has 2 N–H and O–H groups in total. The van der Waals surface area contributed by atoms with E-state index >= 15 is 0 Å². The lowest BCUT2D eigenvalue weighted by Gasteiger charge is -2.15.